The molecule has 3 rings (SSSR count). The lowest BCUT2D eigenvalue weighted by molar-refractivity contribution is 0.253. The van der Waals surface area contributed by atoms with Crippen LogP contribution in [0.15, 0.2) is 35.3 Å². The van der Waals surface area contributed by atoms with E-state index in [2.05, 4.69) is 55.8 Å². The molecule has 162 valence electrons. The van der Waals surface area contributed by atoms with Gasteiger partial charge in [0.05, 0.1) is 11.5 Å². The van der Waals surface area contributed by atoms with Crippen molar-refractivity contribution >= 4 is 21.5 Å². The Morgan fingerprint density at radius 3 is 2.55 bits per heavy atom. The van der Waals surface area contributed by atoms with Crippen molar-refractivity contribution in [1.29, 1.82) is 0 Å². The molecule has 1 aromatic carbocycles. The van der Waals surface area contributed by atoms with Gasteiger partial charge in [-0.05, 0) is 44.9 Å². The summed E-state index contributed by atoms with van der Waals surface area (Å²) in [7, 11) is -2.87. The Morgan fingerprint density at radius 1 is 1.14 bits per heavy atom. The minimum Gasteiger partial charge on any atom is -0.369 e. The number of para-hydroxylation sites is 1. The summed E-state index contributed by atoms with van der Waals surface area (Å²) in [6, 6.07) is 10.6. The van der Waals surface area contributed by atoms with Gasteiger partial charge in [-0.1, -0.05) is 18.2 Å². The number of rotatable bonds is 8. The summed E-state index contributed by atoms with van der Waals surface area (Å²) in [5, 5.41) is 6.50. The number of nitrogens with one attached hydrogen (secondary N) is 2. The lowest BCUT2D eigenvalue weighted by Crippen LogP contribution is -2.46. The average Bonchev–Trinajstić information content (AvgIpc) is 3.07. The van der Waals surface area contributed by atoms with Gasteiger partial charge >= 0.3 is 0 Å². The molecule has 0 spiro atoms. The van der Waals surface area contributed by atoms with Crippen LogP contribution in [0.4, 0.5) is 5.69 Å². The number of piperazine rings is 1. The van der Waals surface area contributed by atoms with Crippen molar-refractivity contribution in [1.82, 2.24) is 15.5 Å². The van der Waals surface area contributed by atoms with E-state index >= 15 is 0 Å². The predicted molar refractivity (Wildman–Crippen MR) is 121 cm³/mol. The van der Waals surface area contributed by atoms with Gasteiger partial charge in [0.25, 0.3) is 0 Å². The summed E-state index contributed by atoms with van der Waals surface area (Å²) in [5.74, 6) is 1.24. The van der Waals surface area contributed by atoms with Gasteiger partial charge in [0, 0.05) is 51.0 Å². The number of aliphatic imine (C=N–C) groups is 1. The van der Waals surface area contributed by atoms with Gasteiger partial charge in [0.2, 0.25) is 0 Å². The molecule has 0 aliphatic carbocycles. The Balaban J connectivity index is 1.33. The van der Waals surface area contributed by atoms with E-state index in [0.717, 1.165) is 64.6 Å². The molecule has 1 unspecified atom stereocenters. The van der Waals surface area contributed by atoms with Crippen LogP contribution in [-0.2, 0) is 9.84 Å². The Kier molecular flexibility index (Phi) is 8.18. The van der Waals surface area contributed by atoms with E-state index in [1.165, 1.54) is 5.69 Å². The van der Waals surface area contributed by atoms with Gasteiger partial charge in [0.15, 0.2) is 15.8 Å². The third kappa shape index (κ3) is 7.19. The summed E-state index contributed by atoms with van der Waals surface area (Å²) in [5.41, 5.74) is 1.32. The topological polar surface area (TPSA) is 77.0 Å². The molecular formula is C21H35N5O2S. The molecule has 2 N–H and O–H groups in total. The van der Waals surface area contributed by atoms with Gasteiger partial charge in [-0.15, -0.1) is 0 Å². The van der Waals surface area contributed by atoms with Crippen LogP contribution in [0.5, 0.6) is 0 Å². The van der Waals surface area contributed by atoms with Crippen molar-refractivity contribution in [2.75, 3.05) is 62.2 Å². The van der Waals surface area contributed by atoms with E-state index in [1.54, 1.807) is 0 Å². The van der Waals surface area contributed by atoms with E-state index in [-0.39, 0.29) is 17.5 Å². The Hall–Kier alpha value is -1.80. The zero-order chi connectivity index (χ0) is 20.5. The molecule has 2 saturated heterocycles. The lowest BCUT2D eigenvalue weighted by atomic mass is 10.2. The summed E-state index contributed by atoms with van der Waals surface area (Å²) < 4.78 is 23.2. The molecule has 1 aromatic rings. The Bertz CT molecular complexity index is 746. The van der Waals surface area contributed by atoms with Gasteiger partial charge < -0.3 is 15.5 Å². The monoisotopic (exact) mass is 421 g/mol. The minimum atomic E-state index is -2.87. The van der Waals surface area contributed by atoms with Crippen LogP contribution in [-0.4, -0.2) is 82.6 Å². The van der Waals surface area contributed by atoms with Crippen LogP contribution < -0.4 is 15.5 Å². The van der Waals surface area contributed by atoms with Crippen molar-refractivity contribution in [3.8, 4) is 0 Å². The van der Waals surface area contributed by atoms with E-state index in [1.807, 2.05) is 6.92 Å². The summed E-state index contributed by atoms with van der Waals surface area (Å²) in [4.78, 5) is 9.63. The van der Waals surface area contributed by atoms with E-state index < -0.39 is 9.84 Å². The Labute approximate surface area is 175 Å². The van der Waals surface area contributed by atoms with Gasteiger partial charge in [-0.25, -0.2) is 8.42 Å². The van der Waals surface area contributed by atoms with Crippen LogP contribution in [0, 0.1) is 0 Å². The van der Waals surface area contributed by atoms with Crippen LogP contribution in [0.1, 0.15) is 26.2 Å². The lowest BCUT2D eigenvalue weighted by Gasteiger charge is -2.36. The van der Waals surface area contributed by atoms with Gasteiger partial charge in [-0.3, -0.25) is 9.89 Å². The third-order valence-electron chi connectivity index (χ3n) is 5.56. The highest BCUT2D eigenvalue weighted by Gasteiger charge is 2.28. The first-order chi connectivity index (χ1) is 14.1. The van der Waals surface area contributed by atoms with Gasteiger partial charge in [0.1, 0.15) is 0 Å². The molecule has 8 heteroatoms. The van der Waals surface area contributed by atoms with E-state index in [0.29, 0.717) is 6.42 Å². The number of guanidine groups is 1. The minimum absolute atomic E-state index is 0.0151. The highest BCUT2D eigenvalue weighted by molar-refractivity contribution is 7.91. The summed E-state index contributed by atoms with van der Waals surface area (Å²) in [6.45, 7) is 9.06. The molecule has 29 heavy (non-hydrogen) atoms. The third-order valence-corrected chi connectivity index (χ3v) is 7.33. The fraction of sp³-hybridized carbons (Fsp3) is 0.667. The van der Waals surface area contributed by atoms with Crippen molar-refractivity contribution in [3.05, 3.63) is 30.3 Å². The molecule has 0 saturated carbocycles. The molecule has 0 amide bonds. The molecule has 0 bridgehead atoms. The Morgan fingerprint density at radius 2 is 1.90 bits per heavy atom. The number of unbranched alkanes of at least 4 members (excludes halogenated alkanes) is 1. The number of anilines is 1. The summed E-state index contributed by atoms with van der Waals surface area (Å²) >= 11 is 0. The largest absolute Gasteiger partial charge is 0.369 e. The fourth-order valence-corrected chi connectivity index (χ4v) is 5.60. The van der Waals surface area contributed by atoms with Crippen molar-refractivity contribution < 1.29 is 8.42 Å². The molecule has 7 nitrogen and oxygen atoms in total. The molecule has 2 fully saturated rings. The first kappa shape index (κ1) is 21.9. The molecule has 2 heterocycles. The van der Waals surface area contributed by atoms with Crippen LogP contribution in [0.2, 0.25) is 0 Å². The average molecular weight is 422 g/mol. The van der Waals surface area contributed by atoms with Crippen LogP contribution in [0.25, 0.3) is 0 Å². The number of nitrogens with zero attached hydrogens (tertiary/aromatic N) is 3. The SMILES string of the molecule is CCNC(=NCCCCN1CCN(c2ccccc2)CC1)NC1CCS(=O)(=O)C1. The maximum atomic E-state index is 11.6. The molecule has 0 aromatic heterocycles. The smallest absolute Gasteiger partial charge is 0.191 e. The predicted octanol–water partition coefficient (Wildman–Crippen LogP) is 1.33. The van der Waals surface area contributed by atoms with Crippen molar-refractivity contribution in [3.63, 3.8) is 0 Å². The van der Waals surface area contributed by atoms with Gasteiger partial charge in [-0.2, -0.15) is 0 Å². The van der Waals surface area contributed by atoms with Crippen LogP contribution >= 0.6 is 0 Å². The second-order valence-corrected chi connectivity index (χ2v) is 10.1. The standard InChI is InChI=1S/C21H35N5O2S/c1-2-22-21(24-19-10-17-29(27,28)18-19)23-11-6-7-12-25-13-15-26(16-14-25)20-8-4-3-5-9-20/h3-5,8-9,19H,2,6-7,10-18H2,1H3,(H2,22,23,24). The first-order valence-corrected chi connectivity index (χ1v) is 12.7. The first-order valence-electron chi connectivity index (χ1n) is 10.8. The quantitative estimate of drug-likeness (QED) is 0.375. The molecule has 2 aliphatic rings. The maximum Gasteiger partial charge on any atom is 0.191 e. The number of hydrogen-bond donors (Lipinski definition) is 2. The second-order valence-electron chi connectivity index (χ2n) is 7.88. The number of sulfone groups is 1. The van der Waals surface area contributed by atoms with Crippen molar-refractivity contribution in [2.24, 2.45) is 4.99 Å². The molecular weight excluding hydrogens is 386 g/mol. The zero-order valence-electron chi connectivity index (χ0n) is 17.5. The van der Waals surface area contributed by atoms with E-state index in [4.69, 9.17) is 0 Å². The molecule has 0 radical (unpaired) electrons. The second kappa shape index (κ2) is 10.8. The molecule has 2 aliphatic heterocycles. The number of hydrogen-bond acceptors (Lipinski definition) is 5. The highest BCUT2D eigenvalue weighted by Crippen LogP contribution is 2.15. The normalized spacial score (nSPS) is 22.6. The number of benzene rings is 1. The fourth-order valence-electron chi connectivity index (χ4n) is 3.93. The highest BCUT2D eigenvalue weighted by atomic mass is 32.2. The van der Waals surface area contributed by atoms with Crippen molar-refractivity contribution in [2.45, 2.75) is 32.2 Å². The summed E-state index contributed by atoms with van der Waals surface area (Å²) in [6.07, 6.45) is 2.84. The molecule has 1 atom stereocenters. The van der Waals surface area contributed by atoms with E-state index in [9.17, 15) is 8.42 Å². The maximum absolute atomic E-state index is 11.6. The zero-order valence-corrected chi connectivity index (χ0v) is 18.3. The van der Waals surface area contributed by atoms with Crippen LogP contribution in [0.3, 0.4) is 0 Å².